The number of aryl methyl sites for hydroxylation is 3. The molecule has 0 bridgehead atoms. The van der Waals surface area contributed by atoms with Crippen molar-refractivity contribution in [1.29, 1.82) is 0 Å². The minimum absolute atomic E-state index is 0.0496. The van der Waals surface area contributed by atoms with Crippen LogP contribution in [0.5, 0.6) is 0 Å². The second kappa shape index (κ2) is 6.38. The van der Waals surface area contributed by atoms with E-state index in [9.17, 15) is 9.18 Å². The standard InChI is InChI=1S/C17H15Cl2FN6O/c1-7-5-21-16(19)13(20)15(7)26-8(2)23-14(12(18)17(26)27)10-4-9(10)11-6-22-25(3)24-11/h5-6,9-10H,4H2,1-3H3/t9-,10-/m0/s1/i3D3. The number of hydrogen-bond acceptors (Lipinski definition) is 5. The molecule has 1 aliphatic carbocycles. The van der Waals surface area contributed by atoms with Crippen LogP contribution in [0.4, 0.5) is 4.39 Å². The second-order valence-electron chi connectivity index (χ2n) is 6.40. The number of aromatic nitrogens is 6. The first-order valence-electron chi connectivity index (χ1n) is 9.53. The molecule has 0 aliphatic heterocycles. The molecule has 3 aromatic rings. The number of rotatable bonds is 3. The SMILES string of the molecule is [2H]C([2H])([2H])n1ncc([C@H]2C[C@@H]2c2nc(C)n(-c3c(C)cnc(Cl)c3F)c(=O)c2Cl)n1. The van der Waals surface area contributed by atoms with Crippen molar-refractivity contribution in [2.45, 2.75) is 32.1 Å². The molecule has 2 atom stereocenters. The highest BCUT2D eigenvalue weighted by Crippen LogP contribution is 2.54. The Hall–Kier alpha value is -2.32. The van der Waals surface area contributed by atoms with Crippen LogP contribution in [0.2, 0.25) is 10.2 Å². The van der Waals surface area contributed by atoms with Crippen molar-refractivity contribution in [2.75, 3.05) is 0 Å². The first-order chi connectivity index (χ1) is 14.0. The van der Waals surface area contributed by atoms with E-state index in [2.05, 4.69) is 20.2 Å². The number of nitrogens with zero attached hydrogens (tertiary/aromatic N) is 6. The van der Waals surface area contributed by atoms with Crippen LogP contribution in [0, 0.1) is 19.7 Å². The molecule has 0 saturated heterocycles. The molecule has 0 aromatic carbocycles. The molecule has 1 aliphatic rings. The Bertz CT molecular complexity index is 1230. The largest absolute Gasteiger partial charge is 0.277 e. The minimum atomic E-state index is -2.47. The Labute approximate surface area is 168 Å². The molecule has 10 heteroatoms. The Balaban J connectivity index is 1.73. The van der Waals surface area contributed by atoms with Gasteiger partial charge in [-0.25, -0.2) is 14.4 Å². The lowest BCUT2D eigenvalue weighted by Gasteiger charge is -2.15. The van der Waals surface area contributed by atoms with Crippen LogP contribution in [0.3, 0.4) is 0 Å². The monoisotopic (exact) mass is 411 g/mol. The van der Waals surface area contributed by atoms with Crippen molar-refractivity contribution >= 4 is 23.2 Å². The predicted molar refractivity (Wildman–Crippen MR) is 98.2 cm³/mol. The summed E-state index contributed by atoms with van der Waals surface area (Å²) < 4.78 is 37.8. The first-order valence-corrected chi connectivity index (χ1v) is 8.79. The summed E-state index contributed by atoms with van der Waals surface area (Å²) in [6, 6.07) is 0. The number of halogens is 3. The van der Waals surface area contributed by atoms with Gasteiger partial charge in [-0.05, 0) is 25.8 Å². The Kier molecular flexibility index (Phi) is 3.48. The molecule has 1 fully saturated rings. The van der Waals surface area contributed by atoms with Gasteiger partial charge in [0.05, 0.1) is 23.3 Å². The molecular formula is C17H15Cl2FN6O. The molecule has 0 radical (unpaired) electrons. The summed E-state index contributed by atoms with van der Waals surface area (Å²) in [6.45, 7) is 0.695. The molecule has 0 N–H and O–H groups in total. The van der Waals surface area contributed by atoms with E-state index in [-0.39, 0.29) is 33.5 Å². The second-order valence-corrected chi connectivity index (χ2v) is 7.14. The quantitative estimate of drug-likeness (QED) is 0.618. The maximum atomic E-state index is 14.6. The molecule has 0 amide bonds. The molecule has 0 unspecified atom stereocenters. The van der Waals surface area contributed by atoms with Gasteiger partial charge in [0.2, 0.25) is 0 Å². The van der Waals surface area contributed by atoms with Crippen LogP contribution in [0.25, 0.3) is 5.69 Å². The van der Waals surface area contributed by atoms with Crippen LogP contribution in [0.15, 0.2) is 17.2 Å². The zero-order valence-electron chi connectivity index (χ0n) is 17.2. The van der Waals surface area contributed by atoms with E-state index in [0.29, 0.717) is 28.2 Å². The third kappa shape index (κ3) is 2.93. The Morgan fingerprint density at radius 2 is 2.07 bits per heavy atom. The molecular weight excluding hydrogens is 394 g/mol. The Morgan fingerprint density at radius 1 is 1.30 bits per heavy atom. The summed E-state index contributed by atoms with van der Waals surface area (Å²) in [4.78, 5) is 21.8. The van der Waals surface area contributed by atoms with E-state index in [4.69, 9.17) is 27.3 Å². The van der Waals surface area contributed by atoms with E-state index < -0.39 is 18.4 Å². The van der Waals surface area contributed by atoms with Gasteiger partial charge in [0.15, 0.2) is 11.0 Å². The van der Waals surface area contributed by atoms with Crippen molar-refractivity contribution in [3.05, 3.63) is 61.5 Å². The molecule has 27 heavy (non-hydrogen) atoms. The lowest BCUT2D eigenvalue weighted by Crippen LogP contribution is -2.26. The van der Waals surface area contributed by atoms with Crippen LogP contribution in [-0.2, 0) is 6.98 Å². The lowest BCUT2D eigenvalue weighted by molar-refractivity contribution is 0.604. The topological polar surface area (TPSA) is 78.5 Å². The maximum Gasteiger partial charge on any atom is 0.277 e. The van der Waals surface area contributed by atoms with Crippen molar-refractivity contribution in [3.8, 4) is 5.69 Å². The molecule has 1 saturated carbocycles. The first kappa shape index (κ1) is 14.7. The fourth-order valence-electron chi connectivity index (χ4n) is 3.22. The van der Waals surface area contributed by atoms with Crippen molar-refractivity contribution in [3.63, 3.8) is 0 Å². The summed E-state index contributed by atoms with van der Waals surface area (Å²) in [7, 11) is 0. The fraction of sp³-hybridized carbons (Fsp3) is 0.353. The normalized spacial score (nSPS) is 20.9. The molecule has 4 rings (SSSR count). The van der Waals surface area contributed by atoms with Gasteiger partial charge in [-0.15, -0.1) is 0 Å². The zero-order valence-corrected chi connectivity index (χ0v) is 15.8. The highest BCUT2D eigenvalue weighted by molar-refractivity contribution is 6.31. The summed E-state index contributed by atoms with van der Waals surface area (Å²) in [5.74, 6) is -0.972. The maximum absolute atomic E-state index is 14.6. The summed E-state index contributed by atoms with van der Waals surface area (Å²) >= 11 is 12.1. The van der Waals surface area contributed by atoms with Gasteiger partial charge in [-0.3, -0.25) is 9.36 Å². The van der Waals surface area contributed by atoms with E-state index in [1.807, 2.05) is 0 Å². The van der Waals surface area contributed by atoms with Crippen molar-refractivity contribution < 1.29 is 8.50 Å². The predicted octanol–water partition coefficient (Wildman–Crippen LogP) is 3.09. The summed E-state index contributed by atoms with van der Waals surface area (Å²) in [5, 5.41) is 7.29. The van der Waals surface area contributed by atoms with Gasteiger partial charge in [-0.2, -0.15) is 15.0 Å². The average molecular weight is 412 g/mol. The summed E-state index contributed by atoms with van der Waals surface area (Å²) in [6.07, 6.45) is 3.33. The van der Waals surface area contributed by atoms with Gasteiger partial charge < -0.3 is 0 Å². The van der Waals surface area contributed by atoms with E-state index in [0.717, 1.165) is 4.57 Å². The average Bonchev–Trinajstić information content (AvgIpc) is 3.29. The number of hydrogen-bond donors (Lipinski definition) is 0. The highest BCUT2D eigenvalue weighted by atomic mass is 35.5. The summed E-state index contributed by atoms with van der Waals surface area (Å²) in [5.41, 5.74) is 0.575. The van der Waals surface area contributed by atoms with Crippen molar-refractivity contribution in [1.82, 2.24) is 29.5 Å². The number of pyridine rings is 1. The van der Waals surface area contributed by atoms with E-state index in [1.54, 1.807) is 13.8 Å². The minimum Gasteiger partial charge on any atom is -0.267 e. The molecule has 0 spiro atoms. The van der Waals surface area contributed by atoms with Crippen molar-refractivity contribution in [2.24, 2.45) is 6.98 Å². The lowest BCUT2D eigenvalue weighted by atomic mass is 10.2. The van der Waals surface area contributed by atoms with Gasteiger partial charge in [0, 0.05) is 29.1 Å². The molecule has 140 valence electrons. The smallest absolute Gasteiger partial charge is 0.267 e. The van der Waals surface area contributed by atoms with E-state index in [1.165, 1.54) is 12.4 Å². The van der Waals surface area contributed by atoms with Crippen LogP contribution in [0.1, 0.15) is 45.1 Å². The highest BCUT2D eigenvalue weighted by Gasteiger charge is 2.44. The fourth-order valence-corrected chi connectivity index (χ4v) is 3.63. The van der Waals surface area contributed by atoms with Gasteiger partial charge >= 0.3 is 0 Å². The third-order valence-corrected chi connectivity index (χ3v) is 5.23. The molecule has 3 heterocycles. The van der Waals surface area contributed by atoms with Crippen LogP contribution >= 0.6 is 23.2 Å². The van der Waals surface area contributed by atoms with Gasteiger partial charge in [-0.1, -0.05) is 23.2 Å². The Morgan fingerprint density at radius 3 is 2.78 bits per heavy atom. The zero-order chi connectivity index (χ0) is 22.0. The van der Waals surface area contributed by atoms with Gasteiger partial charge in [0.1, 0.15) is 10.8 Å². The molecule has 7 nitrogen and oxygen atoms in total. The van der Waals surface area contributed by atoms with Crippen LogP contribution < -0.4 is 5.56 Å². The van der Waals surface area contributed by atoms with E-state index >= 15 is 0 Å². The molecule has 3 aromatic heterocycles. The van der Waals surface area contributed by atoms with Crippen LogP contribution in [-0.4, -0.2) is 29.5 Å². The third-order valence-electron chi connectivity index (χ3n) is 4.61. The van der Waals surface area contributed by atoms with Gasteiger partial charge in [0.25, 0.3) is 5.56 Å².